The van der Waals surface area contributed by atoms with E-state index in [0.29, 0.717) is 25.4 Å². The van der Waals surface area contributed by atoms with Crippen LogP contribution in [0.4, 0.5) is 0 Å². The molecule has 1 aliphatic carbocycles. The zero-order valence-corrected chi connectivity index (χ0v) is 7.50. The van der Waals surface area contributed by atoms with E-state index >= 15 is 0 Å². The molecule has 0 radical (unpaired) electrons. The highest BCUT2D eigenvalue weighted by molar-refractivity contribution is 5.82. The van der Waals surface area contributed by atoms with E-state index in [0.717, 1.165) is 0 Å². The Bertz CT molecular complexity index is 175. The van der Waals surface area contributed by atoms with Gasteiger partial charge in [-0.05, 0) is 18.8 Å². The molecule has 70 valence electrons. The molecule has 4 nitrogen and oxygen atoms in total. The number of hydrogen-bond acceptors (Lipinski definition) is 4. The summed E-state index contributed by atoms with van der Waals surface area (Å²) in [5.41, 5.74) is -0.797. The SMILES string of the molecule is CC(C)COC(=O)C1(ON)CC1. The van der Waals surface area contributed by atoms with Crippen molar-refractivity contribution in [2.24, 2.45) is 11.8 Å². The third-order valence-electron chi connectivity index (χ3n) is 1.85. The lowest BCUT2D eigenvalue weighted by molar-refractivity contribution is -0.162. The van der Waals surface area contributed by atoms with Crippen LogP contribution in [0.3, 0.4) is 0 Å². The number of esters is 1. The Morgan fingerprint density at radius 1 is 1.58 bits per heavy atom. The topological polar surface area (TPSA) is 61.5 Å². The first-order chi connectivity index (χ1) is 5.60. The van der Waals surface area contributed by atoms with E-state index in [1.165, 1.54) is 0 Å². The van der Waals surface area contributed by atoms with Gasteiger partial charge in [0.1, 0.15) is 0 Å². The average Bonchev–Trinajstić information content (AvgIpc) is 2.80. The van der Waals surface area contributed by atoms with Gasteiger partial charge in [-0.15, -0.1) is 0 Å². The zero-order valence-electron chi connectivity index (χ0n) is 7.50. The molecule has 12 heavy (non-hydrogen) atoms. The normalized spacial score (nSPS) is 19.3. The summed E-state index contributed by atoms with van der Waals surface area (Å²) in [6.07, 6.45) is 1.36. The van der Waals surface area contributed by atoms with Crippen LogP contribution >= 0.6 is 0 Å². The number of carbonyl (C=O) groups is 1. The van der Waals surface area contributed by atoms with Gasteiger partial charge in [0.15, 0.2) is 5.60 Å². The molecule has 0 saturated heterocycles. The van der Waals surface area contributed by atoms with Crippen LogP contribution in [0.1, 0.15) is 26.7 Å². The summed E-state index contributed by atoms with van der Waals surface area (Å²) < 4.78 is 4.98. The van der Waals surface area contributed by atoms with Crippen molar-refractivity contribution in [2.45, 2.75) is 32.3 Å². The van der Waals surface area contributed by atoms with E-state index in [9.17, 15) is 4.79 Å². The fraction of sp³-hybridized carbons (Fsp3) is 0.875. The van der Waals surface area contributed by atoms with Gasteiger partial charge in [0.05, 0.1) is 6.61 Å². The van der Waals surface area contributed by atoms with E-state index in [2.05, 4.69) is 4.84 Å². The fourth-order valence-corrected chi connectivity index (χ4v) is 0.857. The zero-order chi connectivity index (χ0) is 9.19. The first kappa shape index (κ1) is 9.48. The van der Waals surface area contributed by atoms with Crippen molar-refractivity contribution in [1.82, 2.24) is 0 Å². The van der Waals surface area contributed by atoms with Crippen molar-refractivity contribution >= 4 is 5.97 Å². The molecule has 0 aromatic carbocycles. The van der Waals surface area contributed by atoms with E-state index in [-0.39, 0.29) is 5.97 Å². The highest BCUT2D eigenvalue weighted by Crippen LogP contribution is 2.39. The van der Waals surface area contributed by atoms with Crippen LogP contribution in [0.15, 0.2) is 0 Å². The van der Waals surface area contributed by atoms with E-state index in [1.54, 1.807) is 0 Å². The van der Waals surface area contributed by atoms with Gasteiger partial charge in [0, 0.05) is 0 Å². The second-order valence-corrected chi connectivity index (χ2v) is 3.60. The largest absolute Gasteiger partial charge is 0.463 e. The molecule has 0 spiro atoms. The van der Waals surface area contributed by atoms with Crippen LogP contribution in [-0.2, 0) is 14.4 Å². The molecule has 1 aliphatic rings. The van der Waals surface area contributed by atoms with Gasteiger partial charge in [0.2, 0.25) is 0 Å². The standard InChI is InChI=1S/C8H15NO3/c1-6(2)5-11-7(10)8(12-9)3-4-8/h6H,3-5,9H2,1-2H3. The van der Waals surface area contributed by atoms with Gasteiger partial charge in [-0.25, -0.2) is 10.7 Å². The summed E-state index contributed by atoms with van der Waals surface area (Å²) in [4.78, 5) is 15.8. The van der Waals surface area contributed by atoms with Crippen molar-refractivity contribution in [3.05, 3.63) is 0 Å². The molecule has 0 aromatic rings. The molecule has 1 fully saturated rings. The molecule has 1 saturated carbocycles. The van der Waals surface area contributed by atoms with Crippen LogP contribution in [0, 0.1) is 5.92 Å². The monoisotopic (exact) mass is 173 g/mol. The molecule has 0 atom stereocenters. The first-order valence-electron chi connectivity index (χ1n) is 4.16. The molecular weight excluding hydrogens is 158 g/mol. The van der Waals surface area contributed by atoms with Crippen molar-refractivity contribution in [1.29, 1.82) is 0 Å². The highest BCUT2D eigenvalue weighted by Gasteiger charge is 2.53. The van der Waals surface area contributed by atoms with Crippen LogP contribution in [0.5, 0.6) is 0 Å². The quantitative estimate of drug-likeness (QED) is 0.499. The summed E-state index contributed by atoms with van der Waals surface area (Å²) in [6.45, 7) is 4.40. The third-order valence-corrected chi connectivity index (χ3v) is 1.85. The Balaban J connectivity index is 2.29. The number of nitrogens with two attached hydrogens (primary N) is 1. The molecule has 0 aliphatic heterocycles. The maximum absolute atomic E-state index is 11.2. The Labute approximate surface area is 72.0 Å². The number of ether oxygens (including phenoxy) is 1. The second kappa shape index (κ2) is 3.41. The molecule has 2 N–H and O–H groups in total. The summed E-state index contributed by atoms with van der Waals surface area (Å²) in [7, 11) is 0. The maximum atomic E-state index is 11.2. The van der Waals surface area contributed by atoms with E-state index in [4.69, 9.17) is 10.6 Å². The minimum atomic E-state index is -0.797. The lowest BCUT2D eigenvalue weighted by atomic mass is 10.2. The molecule has 1 rings (SSSR count). The first-order valence-corrected chi connectivity index (χ1v) is 4.16. The predicted octanol–water partition coefficient (Wildman–Crippen LogP) is 0.609. The van der Waals surface area contributed by atoms with Crippen molar-refractivity contribution < 1.29 is 14.4 Å². The van der Waals surface area contributed by atoms with Gasteiger partial charge in [-0.1, -0.05) is 13.8 Å². The van der Waals surface area contributed by atoms with Gasteiger partial charge in [0.25, 0.3) is 0 Å². The molecular formula is C8H15NO3. The molecule has 0 aromatic heterocycles. The van der Waals surface area contributed by atoms with Gasteiger partial charge in [-0.2, -0.15) is 0 Å². The predicted molar refractivity (Wildman–Crippen MR) is 43.0 cm³/mol. The number of carbonyl (C=O) groups excluding carboxylic acids is 1. The fourth-order valence-electron chi connectivity index (χ4n) is 0.857. The minimum Gasteiger partial charge on any atom is -0.463 e. The second-order valence-electron chi connectivity index (χ2n) is 3.60. The third kappa shape index (κ3) is 1.95. The summed E-state index contributed by atoms with van der Waals surface area (Å²) in [5.74, 6) is 5.00. The van der Waals surface area contributed by atoms with Gasteiger partial charge >= 0.3 is 5.97 Å². The summed E-state index contributed by atoms with van der Waals surface area (Å²) in [5, 5.41) is 0. The Morgan fingerprint density at radius 2 is 2.17 bits per heavy atom. The van der Waals surface area contributed by atoms with Gasteiger partial charge in [-0.3, -0.25) is 4.84 Å². The van der Waals surface area contributed by atoms with Crippen LogP contribution in [0.2, 0.25) is 0 Å². The molecule has 4 heteroatoms. The van der Waals surface area contributed by atoms with Crippen molar-refractivity contribution in [3.8, 4) is 0 Å². The molecule has 0 bridgehead atoms. The Hall–Kier alpha value is -0.610. The summed E-state index contributed by atoms with van der Waals surface area (Å²) in [6, 6.07) is 0. The average molecular weight is 173 g/mol. The smallest absolute Gasteiger partial charge is 0.340 e. The maximum Gasteiger partial charge on any atom is 0.340 e. The highest BCUT2D eigenvalue weighted by atomic mass is 16.7. The van der Waals surface area contributed by atoms with E-state index in [1.807, 2.05) is 13.8 Å². The van der Waals surface area contributed by atoms with Crippen molar-refractivity contribution in [3.63, 3.8) is 0 Å². The van der Waals surface area contributed by atoms with Crippen LogP contribution in [-0.4, -0.2) is 18.2 Å². The molecule has 0 amide bonds. The van der Waals surface area contributed by atoms with Crippen LogP contribution < -0.4 is 5.90 Å². The summed E-state index contributed by atoms with van der Waals surface area (Å²) >= 11 is 0. The van der Waals surface area contributed by atoms with Crippen molar-refractivity contribution in [2.75, 3.05) is 6.61 Å². The lowest BCUT2D eigenvalue weighted by Gasteiger charge is -2.12. The molecule has 0 unspecified atom stereocenters. The molecule has 0 heterocycles. The van der Waals surface area contributed by atoms with E-state index < -0.39 is 5.60 Å². The lowest BCUT2D eigenvalue weighted by Crippen LogP contribution is -2.32. The van der Waals surface area contributed by atoms with Gasteiger partial charge < -0.3 is 4.74 Å². The number of hydrogen-bond donors (Lipinski definition) is 1. The number of rotatable bonds is 4. The Morgan fingerprint density at radius 3 is 2.50 bits per heavy atom. The minimum absolute atomic E-state index is 0.321. The van der Waals surface area contributed by atoms with Crippen LogP contribution in [0.25, 0.3) is 0 Å². The Kier molecular flexibility index (Phi) is 2.69.